The molecule has 40 heavy (non-hydrogen) atoms. The minimum absolute atomic E-state index is 1.14. The van der Waals surface area contributed by atoms with Crippen molar-refractivity contribution in [1.29, 1.82) is 0 Å². The second-order valence-corrected chi connectivity index (χ2v) is 11.5. The zero-order chi connectivity index (χ0) is 27.1. The van der Waals surface area contributed by atoms with E-state index in [0.29, 0.717) is 0 Å². The standard InChI is InChI=1S/C38H29NS/c1-26-13-22-34-35-24-27(2)36(25-38(35)40-37(34)23-26)39(32-18-14-30(15-19-32)28-9-5-3-6-10-28)33-20-16-31(17-21-33)29-11-7-4-8-12-29/h3-25H,1-2H3. The molecule has 0 aliphatic heterocycles. The Kier molecular flexibility index (Phi) is 6.18. The Bertz CT molecular complexity index is 1850. The lowest BCUT2D eigenvalue weighted by atomic mass is 10.0. The molecule has 0 spiro atoms. The highest BCUT2D eigenvalue weighted by molar-refractivity contribution is 7.25. The highest BCUT2D eigenvalue weighted by Crippen LogP contribution is 2.43. The number of benzene rings is 6. The normalized spacial score (nSPS) is 11.2. The van der Waals surface area contributed by atoms with E-state index < -0.39 is 0 Å². The van der Waals surface area contributed by atoms with Crippen LogP contribution in [0.1, 0.15) is 11.1 Å². The van der Waals surface area contributed by atoms with Gasteiger partial charge in [-0.2, -0.15) is 0 Å². The fourth-order valence-corrected chi connectivity index (χ4v) is 6.78. The monoisotopic (exact) mass is 531 g/mol. The van der Waals surface area contributed by atoms with Crippen molar-refractivity contribution >= 4 is 48.6 Å². The summed E-state index contributed by atoms with van der Waals surface area (Å²) in [4.78, 5) is 2.40. The molecular weight excluding hydrogens is 502 g/mol. The Morgan fingerprint density at radius 1 is 0.450 bits per heavy atom. The SMILES string of the molecule is Cc1ccc2c(c1)sc1cc(N(c3ccc(-c4ccccc4)cc3)c3ccc(-c4ccccc4)cc3)c(C)cc12. The van der Waals surface area contributed by atoms with Crippen LogP contribution in [0.3, 0.4) is 0 Å². The Hall–Kier alpha value is -4.66. The minimum Gasteiger partial charge on any atom is -0.310 e. The van der Waals surface area contributed by atoms with Crippen LogP contribution < -0.4 is 4.90 Å². The third kappa shape index (κ3) is 4.47. The van der Waals surface area contributed by atoms with Gasteiger partial charge in [-0.3, -0.25) is 0 Å². The van der Waals surface area contributed by atoms with Gasteiger partial charge in [0.1, 0.15) is 0 Å². The summed E-state index contributed by atoms with van der Waals surface area (Å²) in [7, 11) is 0. The molecule has 6 aromatic carbocycles. The summed E-state index contributed by atoms with van der Waals surface area (Å²) in [6.07, 6.45) is 0. The largest absolute Gasteiger partial charge is 0.310 e. The number of thiophene rings is 1. The van der Waals surface area contributed by atoms with Gasteiger partial charge in [-0.1, -0.05) is 97.1 Å². The van der Waals surface area contributed by atoms with Crippen molar-refractivity contribution in [2.75, 3.05) is 4.90 Å². The molecule has 0 unspecified atom stereocenters. The van der Waals surface area contributed by atoms with Crippen LogP contribution in [0.15, 0.2) is 140 Å². The minimum atomic E-state index is 1.14. The average Bonchev–Trinajstić information content (AvgIpc) is 3.35. The van der Waals surface area contributed by atoms with Crippen molar-refractivity contribution in [1.82, 2.24) is 0 Å². The zero-order valence-electron chi connectivity index (χ0n) is 22.6. The van der Waals surface area contributed by atoms with Crippen LogP contribution >= 0.6 is 11.3 Å². The second-order valence-electron chi connectivity index (χ2n) is 10.4. The zero-order valence-corrected chi connectivity index (χ0v) is 23.5. The Labute approximate surface area is 239 Å². The fraction of sp³-hybridized carbons (Fsp3) is 0.0526. The van der Waals surface area contributed by atoms with Gasteiger partial charge in [-0.05, 0) is 89.7 Å². The second kappa shape index (κ2) is 10.1. The van der Waals surface area contributed by atoms with Gasteiger partial charge in [0.15, 0.2) is 0 Å². The summed E-state index contributed by atoms with van der Waals surface area (Å²) in [5, 5.41) is 2.67. The van der Waals surface area contributed by atoms with E-state index in [2.05, 4.69) is 158 Å². The molecule has 2 heteroatoms. The number of fused-ring (bicyclic) bond motifs is 3. The molecule has 7 rings (SSSR count). The van der Waals surface area contributed by atoms with Crippen molar-refractivity contribution in [3.8, 4) is 22.3 Å². The lowest BCUT2D eigenvalue weighted by Crippen LogP contribution is -2.11. The van der Waals surface area contributed by atoms with Gasteiger partial charge < -0.3 is 4.90 Å². The van der Waals surface area contributed by atoms with Gasteiger partial charge in [0.25, 0.3) is 0 Å². The van der Waals surface area contributed by atoms with Crippen LogP contribution in [0.2, 0.25) is 0 Å². The van der Waals surface area contributed by atoms with E-state index in [0.717, 1.165) is 11.4 Å². The molecule has 0 aliphatic carbocycles. The predicted molar refractivity (Wildman–Crippen MR) is 174 cm³/mol. The summed E-state index contributed by atoms with van der Waals surface area (Å²) in [6, 6.07) is 50.6. The molecule has 0 saturated carbocycles. The van der Waals surface area contributed by atoms with E-state index in [-0.39, 0.29) is 0 Å². The molecule has 0 radical (unpaired) electrons. The third-order valence-corrected chi connectivity index (χ3v) is 8.77. The van der Waals surface area contributed by atoms with E-state index in [4.69, 9.17) is 0 Å². The molecule has 1 heterocycles. The molecule has 0 fully saturated rings. The maximum atomic E-state index is 2.40. The molecule has 0 aliphatic rings. The molecule has 0 amide bonds. The van der Waals surface area contributed by atoms with E-state index in [1.165, 1.54) is 59.2 Å². The quantitative estimate of drug-likeness (QED) is 0.213. The molecule has 1 aromatic heterocycles. The molecule has 7 aromatic rings. The van der Waals surface area contributed by atoms with Crippen molar-refractivity contribution in [2.24, 2.45) is 0 Å². The molecular formula is C38H29NS. The lowest BCUT2D eigenvalue weighted by Gasteiger charge is -2.27. The Balaban J connectivity index is 1.37. The van der Waals surface area contributed by atoms with Gasteiger partial charge >= 0.3 is 0 Å². The highest BCUT2D eigenvalue weighted by atomic mass is 32.1. The number of anilines is 3. The maximum absolute atomic E-state index is 2.40. The van der Waals surface area contributed by atoms with Crippen molar-refractivity contribution in [2.45, 2.75) is 13.8 Å². The van der Waals surface area contributed by atoms with Crippen molar-refractivity contribution < 1.29 is 0 Å². The number of hydrogen-bond donors (Lipinski definition) is 0. The first-order valence-corrected chi connectivity index (χ1v) is 14.5. The number of nitrogens with zero attached hydrogens (tertiary/aromatic N) is 1. The topological polar surface area (TPSA) is 3.24 Å². The van der Waals surface area contributed by atoms with Gasteiger partial charge in [-0.15, -0.1) is 11.3 Å². The molecule has 192 valence electrons. The lowest BCUT2D eigenvalue weighted by molar-refractivity contribution is 1.26. The van der Waals surface area contributed by atoms with Crippen LogP contribution in [0.4, 0.5) is 17.1 Å². The first-order chi connectivity index (χ1) is 19.6. The van der Waals surface area contributed by atoms with E-state index in [9.17, 15) is 0 Å². The summed E-state index contributed by atoms with van der Waals surface area (Å²) >= 11 is 1.88. The summed E-state index contributed by atoms with van der Waals surface area (Å²) in [5.74, 6) is 0. The first-order valence-electron chi connectivity index (χ1n) is 13.7. The van der Waals surface area contributed by atoms with Crippen LogP contribution in [-0.2, 0) is 0 Å². The van der Waals surface area contributed by atoms with Crippen LogP contribution in [0, 0.1) is 13.8 Å². The number of hydrogen-bond acceptors (Lipinski definition) is 2. The summed E-state index contributed by atoms with van der Waals surface area (Å²) in [6.45, 7) is 4.40. The van der Waals surface area contributed by atoms with E-state index >= 15 is 0 Å². The number of aryl methyl sites for hydroxylation is 2. The Morgan fingerprint density at radius 3 is 1.50 bits per heavy atom. The Morgan fingerprint density at radius 2 is 0.950 bits per heavy atom. The molecule has 1 nitrogen and oxygen atoms in total. The molecule has 0 saturated heterocycles. The van der Waals surface area contributed by atoms with E-state index in [1.807, 2.05) is 11.3 Å². The predicted octanol–water partition coefficient (Wildman–Crippen LogP) is 11.5. The summed E-state index contributed by atoms with van der Waals surface area (Å²) in [5.41, 5.74) is 10.9. The van der Waals surface area contributed by atoms with Crippen LogP contribution in [0.25, 0.3) is 42.4 Å². The van der Waals surface area contributed by atoms with Crippen LogP contribution in [0.5, 0.6) is 0 Å². The van der Waals surface area contributed by atoms with Gasteiger partial charge in [-0.25, -0.2) is 0 Å². The van der Waals surface area contributed by atoms with E-state index in [1.54, 1.807) is 0 Å². The van der Waals surface area contributed by atoms with Gasteiger partial charge in [0.05, 0.1) is 5.69 Å². The van der Waals surface area contributed by atoms with Crippen molar-refractivity contribution in [3.05, 3.63) is 151 Å². The van der Waals surface area contributed by atoms with Crippen LogP contribution in [-0.4, -0.2) is 0 Å². The first kappa shape index (κ1) is 24.4. The molecule has 0 N–H and O–H groups in total. The van der Waals surface area contributed by atoms with Gasteiger partial charge in [0.2, 0.25) is 0 Å². The molecule has 0 bridgehead atoms. The highest BCUT2D eigenvalue weighted by Gasteiger charge is 2.18. The summed E-state index contributed by atoms with van der Waals surface area (Å²) < 4.78 is 2.66. The third-order valence-electron chi connectivity index (χ3n) is 7.65. The van der Waals surface area contributed by atoms with Crippen molar-refractivity contribution in [3.63, 3.8) is 0 Å². The maximum Gasteiger partial charge on any atom is 0.0505 e. The van der Waals surface area contributed by atoms with Gasteiger partial charge in [0, 0.05) is 31.5 Å². The fourth-order valence-electron chi connectivity index (χ4n) is 5.56. The average molecular weight is 532 g/mol. The molecule has 0 atom stereocenters. The number of rotatable bonds is 5. The smallest absolute Gasteiger partial charge is 0.0505 e.